The van der Waals surface area contributed by atoms with Gasteiger partial charge in [0.1, 0.15) is 0 Å². The number of hydrogen-bond donors (Lipinski definition) is 2. The molecule has 3 aromatic rings. The summed E-state index contributed by atoms with van der Waals surface area (Å²) in [5.41, 5.74) is 2.95. The lowest BCUT2D eigenvalue weighted by Gasteiger charge is -2.07. The van der Waals surface area contributed by atoms with E-state index in [1.807, 2.05) is 55.5 Å². The van der Waals surface area contributed by atoms with Crippen molar-refractivity contribution in [3.8, 4) is 0 Å². The number of aromatic nitrogens is 2. The van der Waals surface area contributed by atoms with Crippen molar-refractivity contribution >= 4 is 35.0 Å². The van der Waals surface area contributed by atoms with E-state index in [4.69, 9.17) is 11.6 Å². The first-order valence-electron chi connectivity index (χ1n) is 8.32. The van der Waals surface area contributed by atoms with Crippen LogP contribution in [-0.2, 0) is 17.0 Å². The van der Waals surface area contributed by atoms with Gasteiger partial charge in [-0.25, -0.2) is 4.98 Å². The van der Waals surface area contributed by atoms with E-state index in [1.165, 1.54) is 17.8 Å². The summed E-state index contributed by atoms with van der Waals surface area (Å²) in [4.78, 5) is 31.2. The highest BCUT2D eigenvalue weighted by atomic mass is 35.5. The van der Waals surface area contributed by atoms with E-state index in [0.717, 1.165) is 16.8 Å². The molecule has 0 aliphatic carbocycles. The van der Waals surface area contributed by atoms with Crippen molar-refractivity contribution in [2.45, 2.75) is 24.3 Å². The Balaban J connectivity index is 1.65. The van der Waals surface area contributed by atoms with Gasteiger partial charge in [-0.1, -0.05) is 47.6 Å². The summed E-state index contributed by atoms with van der Waals surface area (Å²) in [6.45, 7) is 1.96. The Morgan fingerprint density at radius 2 is 2.00 bits per heavy atom. The molecule has 0 aliphatic rings. The third-order valence-electron chi connectivity index (χ3n) is 3.68. The first-order chi connectivity index (χ1) is 13.0. The lowest BCUT2D eigenvalue weighted by atomic mass is 10.2. The Hall–Kier alpha value is -2.57. The van der Waals surface area contributed by atoms with Gasteiger partial charge in [-0.3, -0.25) is 9.59 Å². The van der Waals surface area contributed by atoms with Gasteiger partial charge in [0, 0.05) is 22.5 Å². The average Bonchev–Trinajstić information content (AvgIpc) is 2.59. The zero-order valence-electron chi connectivity index (χ0n) is 14.7. The predicted octanol–water partition coefficient (Wildman–Crippen LogP) is 4.21. The fraction of sp³-hybridized carbons (Fsp3) is 0.150. The maximum absolute atomic E-state index is 12.2. The number of rotatable bonds is 6. The lowest BCUT2D eigenvalue weighted by Crippen LogP contribution is -2.18. The number of halogens is 1. The number of amides is 1. The van der Waals surface area contributed by atoms with Crippen molar-refractivity contribution in [3.05, 3.63) is 86.8 Å². The van der Waals surface area contributed by atoms with Gasteiger partial charge < -0.3 is 10.3 Å². The van der Waals surface area contributed by atoms with Gasteiger partial charge in [0.05, 0.1) is 12.1 Å². The zero-order chi connectivity index (χ0) is 19.2. The summed E-state index contributed by atoms with van der Waals surface area (Å²) in [6, 6.07) is 16.4. The monoisotopic (exact) mass is 399 g/mol. The van der Waals surface area contributed by atoms with E-state index in [0.29, 0.717) is 21.6 Å². The standard InChI is InChI=1S/C20H18ClN3O2S/c1-13-4-2-7-16(8-13)22-18(25)10-17-11-19(26)24-20(23-17)27-12-14-5-3-6-15(21)9-14/h2-9,11H,10,12H2,1H3,(H,22,25)(H,23,24,26). The summed E-state index contributed by atoms with van der Waals surface area (Å²) in [7, 11) is 0. The Labute approximate surface area is 166 Å². The number of hydrogen-bond acceptors (Lipinski definition) is 4. The maximum Gasteiger partial charge on any atom is 0.251 e. The molecule has 0 fully saturated rings. The smallest absolute Gasteiger partial charge is 0.251 e. The summed E-state index contributed by atoms with van der Waals surface area (Å²) in [5, 5.41) is 3.96. The van der Waals surface area contributed by atoms with Crippen molar-refractivity contribution in [2.24, 2.45) is 0 Å². The van der Waals surface area contributed by atoms with Gasteiger partial charge in [-0.05, 0) is 42.3 Å². The number of aromatic amines is 1. The van der Waals surface area contributed by atoms with Crippen LogP contribution in [0, 0.1) is 6.92 Å². The van der Waals surface area contributed by atoms with Crippen LogP contribution in [-0.4, -0.2) is 15.9 Å². The number of nitrogens with zero attached hydrogens (tertiary/aromatic N) is 1. The molecule has 0 saturated heterocycles. The molecule has 0 atom stereocenters. The summed E-state index contributed by atoms with van der Waals surface area (Å²) in [6.07, 6.45) is 0.0303. The van der Waals surface area contributed by atoms with E-state index in [-0.39, 0.29) is 17.9 Å². The molecule has 27 heavy (non-hydrogen) atoms. The number of carbonyl (C=O) groups excluding carboxylic acids is 1. The fourth-order valence-corrected chi connectivity index (χ4v) is 3.56. The molecule has 0 unspecified atom stereocenters. The quantitative estimate of drug-likeness (QED) is 0.481. The van der Waals surface area contributed by atoms with Crippen LogP contribution < -0.4 is 10.9 Å². The van der Waals surface area contributed by atoms with Crippen molar-refractivity contribution in [3.63, 3.8) is 0 Å². The molecule has 5 nitrogen and oxygen atoms in total. The van der Waals surface area contributed by atoms with Crippen molar-refractivity contribution in [1.29, 1.82) is 0 Å². The van der Waals surface area contributed by atoms with Crippen LogP contribution in [0.2, 0.25) is 5.02 Å². The van der Waals surface area contributed by atoms with E-state index in [2.05, 4.69) is 15.3 Å². The van der Waals surface area contributed by atoms with Crippen LogP contribution in [0.4, 0.5) is 5.69 Å². The van der Waals surface area contributed by atoms with Crippen LogP contribution in [0.1, 0.15) is 16.8 Å². The summed E-state index contributed by atoms with van der Waals surface area (Å²) < 4.78 is 0. The van der Waals surface area contributed by atoms with Gasteiger partial charge >= 0.3 is 0 Å². The Bertz CT molecular complexity index is 1020. The highest BCUT2D eigenvalue weighted by Gasteiger charge is 2.09. The highest BCUT2D eigenvalue weighted by molar-refractivity contribution is 7.98. The van der Waals surface area contributed by atoms with Crippen molar-refractivity contribution in [1.82, 2.24) is 9.97 Å². The first kappa shape index (κ1) is 19.2. The molecule has 138 valence electrons. The highest BCUT2D eigenvalue weighted by Crippen LogP contribution is 2.20. The van der Waals surface area contributed by atoms with Crippen molar-refractivity contribution in [2.75, 3.05) is 5.32 Å². The second-order valence-electron chi connectivity index (χ2n) is 6.05. The molecule has 7 heteroatoms. The maximum atomic E-state index is 12.2. The molecule has 0 bridgehead atoms. The zero-order valence-corrected chi connectivity index (χ0v) is 16.2. The number of anilines is 1. The third kappa shape index (κ3) is 5.98. The molecule has 1 aromatic heterocycles. The first-order valence-corrected chi connectivity index (χ1v) is 9.68. The number of carbonyl (C=O) groups is 1. The van der Waals surface area contributed by atoms with E-state index in [1.54, 1.807) is 0 Å². The topological polar surface area (TPSA) is 74.8 Å². The van der Waals surface area contributed by atoms with Crippen LogP contribution in [0.3, 0.4) is 0 Å². The van der Waals surface area contributed by atoms with Crippen LogP contribution in [0.25, 0.3) is 0 Å². The number of benzene rings is 2. The molecular weight excluding hydrogens is 382 g/mol. The molecule has 1 heterocycles. The molecular formula is C20H18ClN3O2S. The minimum atomic E-state index is -0.281. The van der Waals surface area contributed by atoms with Crippen LogP contribution in [0.15, 0.2) is 64.5 Å². The Morgan fingerprint density at radius 1 is 1.19 bits per heavy atom. The minimum absolute atomic E-state index is 0.0303. The lowest BCUT2D eigenvalue weighted by molar-refractivity contribution is -0.115. The number of thioether (sulfide) groups is 1. The van der Waals surface area contributed by atoms with E-state index < -0.39 is 0 Å². The van der Waals surface area contributed by atoms with Gasteiger partial charge in [-0.2, -0.15) is 0 Å². The number of H-pyrrole nitrogens is 1. The van der Waals surface area contributed by atoms with Gasteiger partial charge in [0.15, 0.2) is 5.16 Å². The molecule has 2 aromatic carbocycles. The van der Waals surface area contributed by atoms with E-state index >= 15 is 0 Å². The Kier molecular flexibility index (Phi) is 6.32. The van der Waals surface area contributed by atoms with Gasteiger partial charge in [-0.15, -0.1) is 0 Å². The Morgan fingerprint density at radius 3 is 2.78 bits per heavy atom. The average molecular weight is 400 g/mol. The second-order valence-corrected chi connectivity index (χ2v) is 7.46. The molecule has 3 rings (SSSR count). The SMILES string of the molecule is Cc1cccc(NC(=O)Cc2cc(=O)[nH]c(SCc3cccc(Cl)c3)n2)c1. The second kappa shape index (κ2) is 8.88. The molecule has 0 spiro atoms. The normalized spacial score (nSPS) is 10.6. The number of nitrogens with one attached hydrogen (secondary N) is 2. The largest absolute Gasteiger partial charge is 0.326 e. The summed E-state index contributed by atoms with van der Waals surface area (Å²) >= 11 is 7.37. The van der Waals surface area contributed by atoms with Crippen LogP contribution >= 0.6 is 23.4 Å². The molecule has 0 radical (unpaired) electrons. The number of aryl methyl sites for hydroxylation is 1. The molecule has 0 saturated carbocycles. The molecule has 1 amide bonds. The fourth-order valence-electron chi connectivity index (χ4n) is 2.51. The van der Waals surface area contributed by atoms with Gasteiger partial charge in [0.2, 0.25) is 5.91 Å². The minimum Gasteiger partial charge on any atom is -0.326 e. The van der Waals surface area contributed by atoms with Crippen LogP contribution in [0.5, 0.6) is 0 Å². The molecule has 0 aliphatic heterocycles. The summed E-state index contributed by atoms with van der Waals surface area (Å²) in [5.74, 6) is 0.395. The predicted molar refractivity (Wildman–Crippen MR) is 109 cm³/mol. The van der Waals surface area contributed by atoms with Gasteiger partial charge in [0.25, 0.3) is 5.56 Å². The molecule has 2 N–H and O–H groups in total. The van der Waals surface area contributed by atoms with E-state index in [9.17, 15) is 9.59 Å². The third-order valence-corrected chi connectivity index (χ3v) is 4.86. The van der Waals surface area contributed by atoms with Crippen molar-refractivity contribution < 1.29 is 4.79 Å².